The molecule has 4 heterocycles. The molecule has 0 unspecified atom stereocenters. The van der Waals surface area contributed by atoms with Crippen molar-refractivity contribution in [3.63, 3.8) is 0 Å². The topological polar surface area (TPSA) is 118 Å². The van der Waals surface area contributed by atoms with Crippen LogP contribution in [0.25, 0.3) is 0 Å². The molecule has 6 rings (SSSR count). The molecule has 9 heteroatoms. The summed E-state index contributed by atoms with van der Waals surface area (Å²) in [5.74, 6) is -2.91. The van der Waals surface area contributed by atoms with Crippen LogP contribution in [0.1, 0.15) is 79.4 Å². The van der Waals surface area contributed by atoms with Crippen LogP contribution in [0.2, 0.25) is 0 Å². The van der Waals surface area contributed by atoms with E-state index in [4.69, 9.17) is 23.4 Å². The van der Waals surface area contributed by atoms with Crippen LogP contribution in [0.3, 0.4) is 0 Å². The average molecular weight is 543 g/mol. The standard InChI is InChI=1S/C30H38O9/c1-15-25(34)38-24(17-9-11-35-13-17)27(5)10-8-18-28(6,29(15,27)7)23(33)21(37-16(2)31)22-26(3,4)39-19-12-20(32)36-14-30(18,19)22/h9,11,13,15,18-19,21-22,24H,8,10,12,14H2,1-7H3/t15-,18-,19-,21+,22-,24+,27+,28+,29+,30-/m0/s1. The van der Waals surface area contributed by atoms with Gasteiger partial charge in [0.25, 0.3) is 0 Å². The Hall–Kier alpha value is -2.68. The molecule has 39 heavy (non-hydrogen) atoms. The summed E-state index contributed by atoms with van der Waals surface area (Å²) in [5, 5.41) is 0. The number of esters is 3. The number of Topliss-reactive ketones (excluding diaryl/α,β-unsaturated/α-hetero) is 1. The lowest BCUT2D eigenvalue weighted by Gasteiger charge is -2.72. The molecule has 1 aromatic rings. The van der Waals surface area contributed by atoms with Gasteiger partial charge >= 0.3 is 17.9 Å². The summed E-state index contributed by atoms with van der Waals surface area (Å²) in [6.07, 6.45) is 2.28. The first kappa shape index (κ1) is 26.5. The van der Waals surface area contributed by atoms with Crippen molar-refractivity contribution in [3.05, 3.63) is 24.2 Å². The fourth-order valence-electron chi connectivity index (χ4n) is 10.1. The van der Waals surface area contributed by atoms with E-state index >= 15 is 4.79 Å². The Bertz CT molecular complexity index is 1250. The number of hydrogen-bond donors (Lipinski definition) is 0. The summed E-state index contributed by atoms with van der Waals surface area (Å²) in [6, 6.07) is 1.80. The zero-order valence-electron chi connectivity index (χ0n) is 23.7. The highest BCUT2D eigenvalue weighted by atomic mass is 16.6. The number of carbonyl (C=O) groups is 4. The van der Waals surface area contributed by atoms with E-state index in [0.29, 0.717) is 12.8 Å². The van der Waals surface area contributed by atoms with Gasteiger partial charge in [-0.15, -0.1) is 0 Å². The number of furan rings is 1. The minimum Gasteiger partial charge on any atom is -0.472 e. The molecular formula is C30H38O9. The molecule has 9 nitrogen and oxygen atoms in total. The molecule has 1 aromatic heterocycles. The lowest BCUT2D eigenvalue weighted by atomic mass is 9.31. The Morgan fingerprint density at radius 1 is 1.10 bits per heavy atom. The third-order valence-corrected chi connectivity index (χ3v) is 12.0. The molecule has 1 spiro atoms. The van der Waals surface area contributed by atoms with Crippen LogP contribution in [-0.4, -0.2) is 48.1 Å². The van der Waals surface area contributed by atoms with Gasteiger partial charge < -0.3 is 23.4 Å². The molecule has 5 fully saturated rings. The Kier molecular flexibility index (Phi) is 5.41. The second-order valence-electron chi connectivity index (χ2n) is 13.6. The van der Waals surface area contributed by atoms with Crippen molar-refractivity contribution in [1.29, 1.82) is 0 Å². The predicted molar refractivity (Wildman–Crippen MR) is 135 cm³/mol. The molecule has 3 saturated heterocycles. The first-order valence-electron chi connectivity index (χ1n) is 13.9. The number of carbonyl (C=O) groups excluding carboxylic acids is 4. The Morgan fingerprint density at radius 2 is 1.82 bits per heavy atom. The number of rotatable bonds is 2. The number of ether oxygens (including phenoxy) is 4. The van der Waals surface area contributed by atoms with Gasteiger partial charge in [-0.2, -0.15) is 0 Å². The van der Waals surface area contributed by atoms with Gasteiger partial charge in [-0.1, -0.05) is 27.7 Å². The summed E-state index contributed by atoms with van der Waals surface area (Å²) < 4.78 is 29.7. The minimum atomic E-state index is -1.14. The number of ketones is 1. The quantitative estimate of drug-likeness (QED) is 0.400. The summed E-state index contributed by atoms with van der Waals surface area (Å²) in [6.45, 7) is 13.1. The minimum absolute atomic E-state index is 0.0662. The van der Waals surface area contributed by atoms with E-state index in [0.717, 1.165) is 5.56 Å². The lowest BCUT2D eigenvalue weighted by molar-refractivity contribution is -0.284. The summed E-state index contributed by atoms with van der Waals surface area (Å²) in [4.78, 5) is 53.6. The van der Waals surface area contributed by atoms with Crippen molar-refractivity contribution in [3.8, 4) is 0 Å². The number of cyclic esters (lactones) is 2. The van der Waals surface area contributed by atoms with E-state index in [1.54, 1.807) is 18.6 Å². The van der Waals surface area contributed by atoms with Gasteiger partial charge in [-0.25, -0.2) is 0 Å². The molecule has 3 aliphatic heterocycles. The first-order chi connectivity index (χ1) is 18.2. The van der Waals surface area contributed by atoms with Gasteiger partial charge in [0, 0.05) is 40.1 Å². The maximum Gasteiger partial charge on any atom is 0.309 e. The maximum atomic E-state index is 15.0. The molecule has 2 saturated carbocycles. The van der Waals surface area contributed by atoms with E-state index < -0.39 is 63.4 Å². The number of fused-ring (bicyclic) bond motifs is 3. The van der Waals surface area contributed by atoms with E-state index in [-0.39, 0.29) is 36.7 Å². The van der Waals surface area contributed by atoms with Crippen molar-refractivity contribution < 1.29 is 42.5 Å². The Morgan fingerprint density at radius 3 is 2.46 bits per heavy atom. The van der Waals surface area contributed by atoms with Gasteiger partial charge in [0.05, 0.1) is 36.6 Å². The van der Waals surface area contributed by atoms with Crippen molar-refractivity contribution in [2.24, 2.45) is 39.4 Å². The van der Waals surface area contributed by atoms with Crippen molar-refractivity contribution >= 4 is 23.7 Å². The predicted octanol–water partition coefficient (Wildman–Crippen LogP) is 4.18. The van der Waals surface area contributed by atoms with Crippen LogP contribution in [0.4, 0.5) is 0 Å². The molecule has 10 atom stereocenters. The summed E-state index contributed by atoms with van der Waals surface area (Å²) >= 11 is 0. The first-order valence-corrected chi connectivity index (χ1v) is 13.9. The molecule has 5 aliphatic rings. The lowest BCUT2D eigenvalue weighted by Crippen LogP contribution is -2.77. The molecule has 0 N–H and O–H groups in total. The highest BCUT2D eigenvalue weighted by Crippen LogP contribution is 2.78. The van der Waals surface area contributed by atoms with Crippen LogP contribution < -0.4 is 0 Å². The third-order valence-electron chi connectivity index (χ3n) is 12.0. The van der Waals surface area contributed by atoms with Gasteiger partial charge in [0.1, 0.15) is 12.7 Å². The Labute approximate surface area is 228 Å². The molecule has 0 amide bonds. The zero-order valence-corrected chi connectivity index (χ0v) is 23.7. The monoisotopic (exact) mass is 542 g/mol. The summed E-state index contributed by atoms with van der Waals surface area (Å²) in [5.41, 5.74) is -3.57. The van der Waals surface area contributed by atoms with Gasteiger partial charge in [0.15, 0.2) is 11.9 Å². The molecule has 0 radical (unpaired) electrons. The SMILES string of the molecule is CC(=O)O[C@H]1C(=O)[C@@]2(C)[C@H](CC[C@]3(C)[C@@H](c4ccoc4)OC(=O)[C@H](C)[C@@]23C)[C@@]23COC(=O)C[C@@H]2OC(C)(C)[C@H]13. The van der Waals surface area contributed by atoms with E-state index in [9.17, 15) is 14.4 Å². The van der Waals surface area contributed by atoms with Crippen LogP contribution in [0.15, 0.2) is 23.0 Å². The van der Waals surface area contributed by atoms with Gasteiger partial charge in [-0.05, 0) is 38.7 Å². The van der Waals surface area contributed by atoms with E-state index in [2.05, 4.69) is 6.92 Å². The third kappa shape index (κ3) is 2.95. The van der Waals surface area contributed by atoms with Crippen molar-refractivity contribution in [1.82, 2.24) is 0 Å². The summed E-state index contributed by atoms with van der Waals surface area (Å²) in [7, 11) is 0. The molecular weight excluding hydrogens is 504 g/mol. The van der Waals surface area contributed by atoms with Crippen LogP contribution in [-0.2, 0) is 38.1 Å². The van der Waals surface area contributed by atoms with Crippen LogP contribution >= 0.6 is 0 Å². The second kappa shape index (κ2) is 7.95. The van der Waals surface area contributed by atoms with Crippen molar-refractivity contribution in [2.45, 2.75) is 91.6 Å². The van der Waals surface area contributed by atoms with E-state index in [1.807, 2.05) is 34.6 Å². The van der Waals surface area contributed by atoms with Crippen LogP contribution in [0, 0.1) is 39.4 Å². The zero-order chi connectivity index (χ0) is 28.3. The average Bonchev–Trinajstić information content (AvgIpc) is 3.46. The molecule has 2 aliphatic carbocycles. The van der Waals surface area contributed by atoms with Crippen molar-refractivity contribution in [2.75, 3.05) is 6.61 Å². The fourth-order valence-corrected chi connectivity index (χ4v) is 10.1. The molecule has 0 aromatic carbocycles. The molecule has 212 valence electrons. The number of hydrogen-bond acceptors (Lipinski definition) is 9. The fraction of sp³-hybridized carbons (Fsp3) is 0.733. The second-order valence-corrected chi connectivity index (χ2v) is 13.6. The maximum absolute atomic E-state index is 15.0. The highest BCUT2D eigenvalue weighted by molar-refractivity contribution is 5.94. The smallest absolute Gasteiger partial charge is 0.309 e. The largest absolute Gasteiger partial charge is 0.472 e. The molecule has 0 bridgehead atoms. The van der Waals surface area contributed by atoms with Crippen LogP contribution in [0.5, 0.6) is 0 Å². The van der Waals surface area contributed by atoms with Gasteiger partial charge in [-0.3, -0.25) is 19.2 Å². The highest BCUT2D eigenvalue weighted by Gasteiger charge is 2.83. The van der Waals surface area contributed by atoms with Gasteiger partial charge in [0.2, 0.25) is 0 Å². The Balaban J connectivity index is 1.61. The van der Waals surface area contributed by atoms with E-state index in [1.165, 1.54) is 6.92 Å². The normalized spacial score (nSPS) is 48.1.